The number of nitrogens with one attached hydrogen (secondary N) is 1. The number of aryl methyl sites for hydroxylation is 1. The van der Waals surface area contributed by atoms with Gasteiger partial charge in [0.15, 0.2) is 0 Å². The van der Waals surface area contributed by atoms with Crippen LogP contribution in [-0.2, 0) is 21.9 Å². The highest BCUT2D eigenvalue weighted by Gasteiger charge is 2.44. The second-order valence-corrected chi connectivity index (χ2v) is 15.2. The zero-order valence-electron chi connectivity index (χ0n) is 24.4. The van der Waals surface area contributed by atoms with E-state index in [4.69, 9.17) is 16.3 Å². The first-order chi connectivity index (χ1) is 20.1. The summed E-state index contributed by atoms with van der Waals surface area (Å²) < 4.78 is 35.6. The molecular formula is C33H43ClN2O5S. The van der Waals surface area contributed by atoms with Gasteiger partial charge in [-0.15, -0.1) is 0 Å². The predicted molar refractivity (Wildman–Crippen MR) is 168 cm³/mol. The van der Waals surface area contributed by atoms with Crippen molar-refractivity contribution in [2.45, 2.75) is 75.6 Å². The lowest BCUT2D eigenvalue weighted by Crippen LogP contribution is -2.49. The Bertz CT molecular complexity index is 1500. The number of aliphatic hydroxyl groups is 1. The number of carbonyl (C=O) groups is 1. The fraction of sp³-hybridized carbons (Fsp3) is 0.545. The average Bonchev–Trinajstić information content (AvgIpc) is 3.07. The second-order valence-electron chi connectivity index (χ2n) is 12.8. The fourth-order valence-electron chi connectivity index (χ4n) is 7.73. The Labute approximate surface area is 255 Å². The normalized spacial score (nSPS) is 33.3. The lowest BCUT2D eigenvalue weighted by molar-refractivity contribution is 0.0456. The molecule has 2 bridgehead atoms. The van der Waals surface area contributed by atoms with Gasteiger partial charge in [-0.05, 0) is 104 Å². The van der Waals surface area contributed by atoms with Crippen molar-refractivity contribution in [3.63, 3.8) is 0 Å². The first-order valence-electron chi connectivity index (χ1n) is 15.3. The standard InChI is InChI=1S/C33H41ClN2O5S.H2/c1-3-31-21(2)6-4-8-29(37)26-12-9-24(26)18-36-19-33(15-5-7-22-16-25(34)11-13-27(22)33)20-41-30-14-10-23(17-28(30)36)32(38)35-42(31,39)40;/h4,8,10-11,13-14,16-17,21,24,26,29,31,37H,3,5-7,9,12,15,18-20H2,1-2H3,(H,35,38);1H/b8-4+;/t21-,24-,26+,29-,31+,33-;/m0./s1. The summed E-state index contributed by atoms with van der Waals surface area (Å²) in [5.41, 5.74) is 3.34. The van der Waals surface area contributed by atoms with Crippen molar-refractivity contribution >= 4 is 33.2 Å². The maximum atomic E-state index is 13.4. The molecule has 2 aliphatic carbocycles. The number of rotatable bonds is 1. The molecule has 6 rings (SSSR count). The first-order valence-corrected chi connectivity index (χ1v) is 17.2. The molecular weight excluding hydrogens is 572 g/mol. The summed E-state index contributed by atoms with van der Waals surface area (Å²) in [4.78, 5) is 15.7. The van der Waals surface area contributed by atoms with E-state index in [9.17, 15) is 18.3 Å². The molecule has 0 unspecified atom stereocenters. The summed E-state index contributed by atoms with van der Waals surface area (Å²) in [6.45, 7) is 5.62. The summed E-state index contributed by atoms with van der Waals surface area (Å²) in [7, 11) is -3.92. The van der Waals surface area contributed by atoms with E-state index in [0.29, 0.717) is 38.3 Å². The number of carbonyl (C=O) groups excluding carboxylic acids is 1. The largest absolute Gasteiger partial charge is 0.490 e. The first kappa shape index (κ1) is 29.5. The van der Waals surface area contributed by atoms with Crippen LogP contribution in [-0.4, -0.2) is 50.5 Å². The number of fused-ring (bicyclic) bond motifs is 4. The molecule has 2 aromatic rings. The summed E-state index contributed by atoms with van der Waals surface area (Å²) in [6.07, 6.45) is 9.00. The molecule has 7 nitrogen and oxygen atoms in total. The zero-order chi connectivity index (χ0) is 29.6. The van der Waals surface area contributed by atoms with Crippen LogP contribution in [0, 0.1) is 17.8 Å². The Hall–Kier alpha value is -2.55. The molecule has 1 fully saturated rings. The van der Waals surface area contributed by atoms with Gasteiger partial charge in [0, 0.05) is 30.5 Å². The monoisotopic (exact) mass is 614 g/mol. The van der Waals surface area contributed by atoms with Crippen molar-refractivity contribution < 1.29 is 24.5 Å². The lowest BCUT2D eigenvalue weighted by atomic mass is 9.68. The minimum atomic E-state index is -3.92. The Balaban J connectivity index is 0.00000368. The van der Waals surface area contributed by atoms with Crippen molar-refractivity contribution in [1.82, 2.24) is 4.72 Å². The number of allylic oxidation sites excluding steroid dienone is 1. The van der Waals surface area contributed by atoms with E-state index >= 15 is 0 Å². The molecule has 228 valence electrons. The number of nitrogens with zero attached hydrogens (tertiary/aromatic N) is 1. The van der Waals surface area contributed by atoms with Crippen LogP contribution in [0.25, 0.3) is 0 Å². The molecule has 6 atom stereocenters. The maximum absolute atomic E-state index is 13.4. The topological polar surface area (TPSA) is 95.9 Å². The summed E-state index contributed by atoms with van der Waals surface area (Å²) in [5, 5.41) is 11.2. The number of benzene rings is 2. The van der Waals surface area contributed by atoms with E-state index in [0.717, 1.165) is 42.8 Å². The van der Waals surface area contributed by atoms with E-state index in [1.54, 1.807) is 18.2 Å². The molecule has 42 heavy (non-hydrogen) atoms. The zero-order valence-corrected chi connectivity index (χ0v) is 26.0. The molecule has 0 radical (unpaired) electrons. The Morgan fingerprint density at radius 1 is 1.21 bits per heavy atom. The molecule has 4 aliphatic rings. The fourth-order valence-corrected chi connectivity index (χ4v) is 9.61. The second kappa shape index (κ2) is 11.5. The minimum Gasteiger partial charge on any atom is -0.490 e. The van der Waals surface area contributed by atoms with Gasteiger partial charge in [0.05, 0.1) is 23.6 Å². The van der Waals surface area contributed by atoms with Crippen molar-refractivity contribution in [1.29, 1.82) is 0 Å². The van der Waals surface area contributed by atoms with Crippen LogP contribution in [0.2, 0.25) is 5.02 Å². The molecule has 2 aliphatic heterocycles. The van der Waals surface area contributed by atoms with E-state index in [1.165, 1.54) is 11.1 Å². The van der Waals surface area contributed by atoms with Crippen molar-refractivity contribution in [2.75, 3.05) is 24.6 Å². The molecule has 1 spiro atoms. The van der Waals surface area contributed by atoms with E-state index in [1.807, 2.05) is 32.1 Å². The molecule has 0 saturated heterocycles. The highest BCUT2D eigenvalue weighted by atomic mass is 35.5. The van der Waals surface area contributed by atoms with Gasteiger partial charge in [-0.1, -0.05) is 43.7 Å². The third-order valence-electron chi connectivity index (χ3n) is 10.2. The number of aliphatic hydroxyl groups excluding tert-OH is 1. The molecule has 2 N–H and O–H groups in total. The maximum Gasteiger partial charge on any atom is 0.264 e. The van der Waals surface area contributed by atoms with Gasteiger partial charge < -0.3 is 14.7 Å². The third-order valence-corrected chi connectivity index (χ3v) is 12.5. The van der Waals surface area contributed by atoms with Gasteiger partial charge in [0.25, 0.3) is 5.91 Å². The average molecular weight is 615 g/mol. The number of amides is 1. The van der Waals surface area contributed by atoms with Crippen LogP contribution in [0.3, 0.4) is 0 Å². The van der Waals surface area contributed by atoms with Crippen LogP contribution in [0.1, 0.15) is 75.3 Å². The Kier molecular flexibility index (Phi) is 8.09. The van der Waals surface area contributed by atoms with Crippen molar-refractivity contribution in [2.24, 2.45) is 17.8 Å². The van der Waals surface area contributed by atoms with E-state index in [2.05, 4.69) is 21.8 Å². The number of hydrogen-bond donors (Lipinski definition) is 2. The van der Waals surface area contributed by atoms with E-state index in [-0.39, 0.29) is 30.2 Å². The van der Waals surface area contributed by atoms with Crippen LogP contribution < -0.4 is 14.4 Å². The van der Waals surface area contributed by atoms with Gasteiger partial charge in [-0.2, -0.15) is 0 Å². The molecule has 2 heterocycles. The smallest absolute Gasteiger partial charge is 0.264 e. The minimum absolute atomic E-state index is 0. The molecule has 0 aromatic heterocycles. The highest BCUT2D eigenvalue weighted by molar-refractivity contribution is 7.90. The van der Waals surface area contributed by atoms with Gasteiger partial charge in [-0.3, -0.25) is 4.79 Å². The summed E-state index contributed by atoms with van der Waals surface area (Å²) >= 11 is 6.39. The van der Waals surface area contributed by atoms with Crippen LogP contribution >= 0.6 is 11.6 Å². The Morgan fingerprint density at radius 3 is 2.81 bits per heavy atom. The summed E-state index contributed by atoms with van der Waals surface area (Å²) in [6, 6.07) is 11.4. The third kappa shape index (κ3) is 5.46. The van der Waals surface area contributed by atoms with E-state index < -0.39 is 27.3 Å². The molecule has 1 amide bonds. The van der Waals surface area contributed by atoms with Gasteiger partial charge >= 0.3 is 0 Å². The molecule has 2 aromatic carbocycles. The van der Waals surface area contributed by atoms with Crippen LogP contribution in [0.5, 0.6) is 5.75 Å². The molecule has 1 saturated carbocycles. The number of anilines is 1. The number of halogens is 1. The van der Waals surface area contributed by atoms with Crippen molar-refractivity contribution in [3.05, 3.63) is 70.3 Å². The Morgan fingerprint density at radius 2 is 2.05 bits per heavy atom. The number of ether oxygens (including phenoxy) is 1. The van der Waals surface area contributed by atoms with Crippen LogP contribution in [0.15, 0.2) is 48.6 Å². The van der Waals surface area contributed by atoms with Gasteiger partial charge in [0.1, 0.15) is 5.75 Å². The number of sulfonamides is 1. The summed E-state index contributed by atoms with van der Waals surface area (Å²) in [5.74, 6) is 0.258. The highest BCUT2D eigenvalue weighted by Crippen LogP contribution is 2.46. The van der Waals surface area contributed by atoms with Crippen molar-refractivity contribution in [3.8, 4) is 5.75 Å². The lowest BCUT2D eigenvalue weighted by Gasteiger charge is -2.45. The van der Waals surface area contributed by atoms with Gasteiger partial charge in [-0.25, -0.2) is 13.1 Å². The molecule has 9 heteroatoms. The quantitative estimate of drug-likeness (QED) is 0.390. The SMILES string of the molecule is CC[C@@H]1[C@@H](C)C/C=C/[C@H](O)[C@@H]2CC[C@H]2CN2C[C@@]3(CCCc4cc(Cl)ccc43)COc3ccc(cc32)C(=O)NS1(=O)=O.[HH]. The van der Waals surface area contributed by atoms with Crippen LogP contribution in [0.4, 0.5) is 5.69 Å². The number of hydrogen-bond acceptors (Lipinski definition) is 6. The predicted octanol–water partition coefficient (Wildman–Crippen LogP) is 5.88. The van der Waals surface area contributed by atoms with Gasteiger partial charge in [0.2, 0.25) is 10.0 Å².